The number of ether oxygens (including phenoxy) is 2. The van der Waals surface area contributed by atoms with Gasteiger partial charge in [-0.05, 0) is 57.8 Å². The third-order valence-electron chi connectivity index (χ3n) is 15.4. The second-order valence-electron chi connectivity index (χ2n) is 22.5. The first kappa shape index (κ1) is 70.4. The minimum Gasteiger partial charge on any atom is -0.394 e. The topological polar surface area (TPSA) is 149 Å². The molecule has 7 unspecified atom stereocenters. The van der Waals surface area contributed by atoms with Gasteiger partial charge in [-0.1, -0.05) is 288 Å². The highest BCUT2D eigenvalue weighted by molar-refractivity contribution is 5.76. The Morgan fingerprint density at radius 3 is 1.14 bits per heavy atom. The van der Waals surface area contributed by atoms with Crippen molar-refractivity contribution in [1.29, 1.82) is 0 Å². The van der Waals surface area contributed by atoms with Gasteiger partial charge in [-0.2, -0.15) is 0 Å². The first-order valence-electron chi connectivity index (χ1n) is 32.2. The van der Waals surface area contributed by atoms with Crippen LogP contribution in [0.2, 0.25) is 0 Å². The van der Waals surface area contributed by atoms with Crippen LogP contribution in [0.1, 0.15) is 316 Å². The highest BCUT2D eigenvalue weighted by Crippen LogP contribution is 2.23. The maximum absolute atomic E-state index is 13.1. The quantitative estimate of drug-likeness (QED) is 0.0261. The fraction of sp³-hybridized carbons (Fsp3) is 0.892. The van der Waals surface area contributed by atoms with Crippen LogP contribution in [0, 0.1) is 0 Å². The van der Waals surface area contributed by atoms with Crippen LogP contribution in [-0.2, 0) is 14.3 Å². The van der Waals surface area contributed by atoms with Crippen LogP contribution in [0.15, 0.2) is 36.5 Å². The van der Waals surface area contributed by atoms with Crippen molar-refractivity contribution in [2.75, 3.05) is 13.2 Å². The summed E-state index contributed by atoms with van der Waals surface area (Å²) >= 11 is 0. The van der Waals surface area contributed by atoms with Gasteiger partial charge >= 0.3 is 0 Å². The Hall–Kier alpha value is -1.59. The molecule has 1 fully saturated rings. The van der Waals surface area contributed by atoms with E-state index in [0.717, 1.165) is 38.5 Å². The molecule has 0 aromatic heterocycles. The average molecular weight is 1050 g/mol. The number of hydrogen-bond donors (Lipinski definition) is 6. The molecule has 0 aliphatic carbocycles. The zero-order valence-electron chi connectivity index (χ0n) is 48.6. The number of carbonyl (C=O) groups excluding carboxylic acids is 1. The standard InChI is InChI=1S/C65H123NO8/c1-3-5-7-9-11-13-15-17-19-21-23-24-25-26-27-28-29-30-31-32-33-34-35-36-37-39-41-43-45-47-49-51-53-55-61(69)66-58(57-73-65-64(72)63(71)62(70)60(56-67)74-65)59(68)54-52-50-48-46-44-42-40-38-22-20-18-16-14-12-10-8-6-4-2/h21,23,44,46,52,54,58-60,62-65,67-68,70-72H,3-20,22,24-43,45,47-51,53,55-57H2,1-2H3,(H,66,69)/b23-21-,46-44+,54-52+. The molecule has 1 heterocycles. The van der Waals surface area contributed by atoms with E-state index >= 15 is 0 Å². The Morgan fingerprint density at radius 1 is 0.446 bits per heavy atom. The molecule has 0 aromatic rings. The summed E-state index contributed by atoms with van der Waals surface area (Å²) in [5, 5.41) is 54.6. The lowest BCUT2D eigenvalue weighted by atomic mass is 9.99. The molecule has 0 saturated carbocycles. The van der Waals surface area contributed by atoms with E-state index in [9.17, 15) is 30.3 Å². The number of rotatable bonds is 56. The van der Waals surface area contributed by atoms with E-state index in [0.29, 0.717) is 6.42 Å². The lowest BCUT2D eigenvalue weighted by molar-refractivity contribution is -0.302. The third kappa shape index (κ3) is 43.4. The van der Waals surface area contributed by atoms with Crippen molar-refractivity contribution in [3.05, 3.63) is 36.5 Å². The van der Waals surface area contributed by atoms with Crippen molar-refractivity contribution >= 4 is 5.91 Å². The summed E-state index contributed by atoms with van der Waals surface area (Å²) in [6, 6.07) is -0.820. The van der Waals surface area contributed by atoms with Crippen LogP contribution in [0.3, 0.4) is 0 Å². The van der Waals surface area contributed by atoms with Gasteiger partial charge in [0.05, 0.1) is 25.4 Å². The molecule has 0 radical (unpaired) electrons. The SMILES string of the molecule is CCCCCCCCCC/C=C\CCCCCCCCCCCCCCCCCCCCCCCC(=O)NC(COC1OC(CO)C(O)C(O)C1O)C(O)/C=C/CC/C=C/CCCCCCCCCCCCCC. The van der Waals surface area contributed by atoms with Crippen molar-refractivity contribution in [2.24, 2.45) is 0 Å². The van der Waals surface area contributed by atoms with E-state index in [1.165, 1.54) is 257 Å². The van der Waals surface area contributed by atoms with Crippen LogP contribution in [0.5, 0.6) is 0 Å². The zero-order valence-corrected chi connectivity index (χ0v) is 48.6. The van der Waals surface area contributed by atoms with Crippen LogP contribution in [0.4, 0.5) is 0 Å². The van der Waals surface area contributed by atoms with Gasteiger partial charge < -0.3 is 40.3 Å². The molecular weight excluding hydrogens is 923 g/mol. The summed E-state index contributed by atoms with van der Waals surface area (Å²) in [6.07, 6.45) is 65.3. The number of allylic oxidation sites excluding steroid dienone is 5. The molecule has 1 amide bonds. The van der Waals surface area contributed by atoms with Gasteiger partial charge in [-0.25, -0.2) is 0 Å². The summed E-state index contributed by atoms with van der Waals surface area (Å²) in [4.78, 5) is 13.1. The fourth-order valence-corrected chi connectivity index (χ4v) is 10.3. The van der Waals surface area contributed by atoms with Gasteiger partial charge in [0.15, 0.2) is 6.29 Å². The Balaban J connectivity index is 2.12. The molecule has 1 aliphatic rings. The first-order valence-corrected chi connectivity index (χ1v) is 32.2. The van der Waals surface area contributed by atoms with Gasteiger partial charge in [0.1, 0.15) is 24.4 Å². The molecule has 9 nitrogen and oxygen atoms in total. The fourth-order valence-electron chi connectivity index (χ4n) is 10.3. The van der Waals surface area contributed by atoms with Crippen LogP contribution in [-0.4, -0.2) is 87.5 Å². The van der Waals surface area contributed by atoms with Crippen LogP contribution in [0.25, 0.3) is 0 Å². The Bertz CT molecular complexity index is 1260. The van der Waals surface area contributed by atoms with Crippen molar-refractivity contribution < 1.29 is 39.8 Å². The molecule has 1 rings (SSSR count). The minimum atomic E-state index is -1.57. The second-order valence-corrected chi connectivity index (χ2v) is 22.5. The average Bonchev–Trinajstić information content (AvgIpc) is 3.40. The molecule has 1 saturated heterocycles. The number of aliphatic hydroxyl groups is 5. The third-order valence-corrected chi connectivity index (χ3v) is 15.4. The van der Waals surface area contributed by atoms with E-state index in [-0.39, 0.29) is 12.5 Å². The van der Waals surface area contributed by atoms with E-state index in [4.69, 9.17) is 9.47 Å². The van der Waals surface area contributed by atoms with Gasteiger partial charge in [0.25, 0.3) is 0 Å². The number of amides is 1. The summed E-state index contributed by atoms with van der Waals surface area (Å²) < 4.78 is 11.3. The van der Waals surface area contributed by atoms with Crippen LogP contribution >= 0.6 is 0 Å². The predicted octanol–water partition coefficient (Wildman–Crippen LogP) is 16.7. The number of nitrogens with one attached hydrogen (secondary N) is 1. The molecule has 6 N–H and O–H groups in total. The van der Waals surface area contributed by atoms with Crippen molar-refractivity contribution in [1.82, 2.24) is 5.32 Å². The number of aliphatic hydroxyl groups excluding tert-OH is 5. The van der Waals surface area contributed by atoms with Crippen LogP contribution < -0.4 is 5.32 Å². The van der Waals surface area contributed by atoms with Gasteiger partial charge in [0, 0.05) is 6.42 Å². The molecule has 0 bridgehead atoms. The summed E-state index contributed by atoms with van der Waals surface area (Å²) in [5.74, 6) is -0.181. The van der Waals surface area contributed by atoms with Crippen molar-refractivity contribution in [3.63, 3.8) is 0 Å². The van der Waals surface area contributed by atoms with E-state index < -0.39 is 49.5 Å². The van der Waals surface area contributed by atoms with Crippen molar-refractivity contribution in [2.45, 2.75) is 358 Å². The second kappa shape index (κ2) is 54.8. The highest BCUT2D eigenvalue weighted by atomic mass is 16.7. The molecule has 74 heavy (non-hydrogen) atoms. The molecule has 9 heteroatoms. The zero-order chi connectivity index (χ0) is 53.6. The summed E-state index contributed by atoms with van der Waals surface area (Å²) in [6.45, 7) is 3.80. The molecule has 1 aliphatic heterocycles. The van der Waals surface area contributed by atoms with E-state index in [1.54, 1.807) is 6.08 Å². The normalized spacial score (nSPS) is 19.1. The van der Waals surface area contributed by atoms with E-state index in [2.05, 4.69) is 43.5 Å². The maximum atomic E-state index is 13.1. The number of carbonyl (C=O) groups is 1. The predicted molar refractivity (Wildman–Crippen MR) is 313 cm³/mol. The lowest BCUT2D eigenvalue weighted by Crippen LogP contribution is -2.60. The Kier molecular flexibility index (Phi) is 52.1. The largest absolute Gasteiger partial charge is 0.394 e. The monoisotopic (exact) mass is 1050 g/mol. The number of hydrogen-bond acceptors (Lipinski definition) is 8. The Labute approximate surface area is 457 Å². The molecular formula is C65H123NO8. The summed E-state index contributed by atoms with van der Waals surface area (Å²) in [5.41, 5.74) is 0. The Morgan fingerprint density at radius 2 is 0.770 bits per heavy atom. The van der Waals surface area contributed by atoms with Gasteiger partial charge in [-0.15, -0.1) is 0 Å². The minimum absolute atomic E-state index is 0.181. The summed E-state index contributed by atoms with van der Waals surface area (Å²) in [7, 11) is 0. The molecule has 0 aromatic carbocycles. The smallest absolute Gasteiger partial charge is 0.220 e. The maximum Gasteiger partial charge on any atom is 0.220 e. The van der Waals surface area contributed by atoms with Gasteiger partial charge in [0.2, 0.25) is 5.91 Å². The number of unbranched alkanes of at least 4 members (excludes halogenated alkanes) is 42. The highest BCUT2D eigenvalue weighted by Gasteiger charge is 2.44. The van der Waals surface area contributed by atoms with Gasteiger partial charge in [-0.3, -0.25) is 4.79 Å². The molecule has 436 valence electrons. The lowest BCUT2D eigenvalue weighted by Gasteiger charge is -2.40. The molecule has 7 atom stereocenters. The van der Waals surface area contributed by atoms with E-state index in [1.807, 2.05) is 6.08 Å². The molecule has 0 spiro atoms. The first-order chi connectivity index (χ1) is 36.3. The van der Waals surface area contributed by atoms with Crippen molar-refractivity contribution in [3.8, 4) is 0 Å².